The molecule has 2 aliphatic rings. The van der Waals surface area contributed by atoms with E-state index in [0.29, 0.717) is 12.4 Å². The van der Waals surface area contributed by atoms with Gasteiger partial charge in [-0.05, 0) is 56.5 Å². The Labute approximate surface area is 205 Å². The number of amides is 2. The molecule has 2 aromatic carbocycles. The van der Waals surface area contributed by atoms with Crippen molar-refractivity contribution in [3.63, 3.8) is 0 Å². The van der Waals surface area contributed by atoms with E-state index in [0.717, 1.165) is 54.6 Å². The Balaban J connectivity index is 1.65. The molecule has 3 aromatic rings. The number of nitrogens with zero attached hydrogens (tertiary/aromatic N) is 3. The van der Waals surface area contributed by atoms with Gasteiger partial charge >= 0.3 is 0 Å². The fourth-order valence-electron chi connectivity index (χ4n) is 5.60. The number of fused-ring (bicyclic) bond motifs is 1. The zero-order valence-electron chi connectivity index (χ0n) is 20.2. The van der Waals surface area contributed by atoms with Crippen molar-refractivity contribution >= 4 is 17.6 Å². The van der Waals surface area contributed by atoms with Crippen LogP contribution in [0.25, 0.3) is 5.69 Å². The second-order valence-corrected chi connectivity index (χ2v) is 9.50. The molecule has 0 spiro atoms. The van der Waals surface area contributed by atoms with E-state index in [4.69, 9.17) is 5.10 Å². The maximum atomic E-state index is 14.0. The minimum absolute atomic E-state index is 0.0669. The van der Waals surface area contributed by atoms with Gasteiger partial charge in [0, 0.05) is 23.9 Å². The van der Waals surface area contributed by atoms with Gasteiger partial charge in [0.05, 0.1) is 11.4 Å². The van der Waals surface area contributed by atoms with E-state index in [-0.39, 0.29) is 23.5 Å². The molecule has 2 heterocycles. The highest BCUT2D eigenvalue weighted by molar-refractivity contribution is 6.03. The number of carbonyl (C=O) groups is 2. The molecule has 1 saturated carbocycles. The number of hydrogen-bond acceptors (Lipinski definition) is 3. The predicted molar refractivity (Wildman–Crippen MR) is 133 cm³/mol. The first-order valence-corrected chi connectivity index (χ1v) is 12.5. The second kappa shape index (κ2) is 9.64. The average molecular weight is 475 g/mol. The lowest BCUT2D eigenvalue weighted by atomic mass is 9.80. The Bertz CT molecular complexity index is 1220. The summed E-state index contributed by atoms with van der Waals surface area (Å²) in [4.78, 5) is 29.0. The largest absolute Gasteiger partial charge is 0.343 e. The number of para-hydroxylation sites is 1. The summed E-state index contributed by atoms with van der Waals surface area (Å²) in [6, 6.07) is 15.2. The Morgan fingerprint density at radius 2 is 1.74 bits per heavy atom. The van der Waals surface area contributed by atoms with Crippen LogP contribution in [-0.4, -0.2) is 34.2 Å². The number of likely N-dealkylation sites (N-methyl/N-ethyl adjacent to an activating group) is 1. The molecular weight excluding hydrogens is 443 g/mol. The van der Waals surface area contributed by atoms with Crippen molar-refractivity contribution in [3.8, 4) is 5.69 Å². The first-order valence-electron chi connectivity index (χ1n) is 12.5. The lowest BCUT2D eigenvalue weighted by molar-refractivity contribution is -0.131. The quantitative estimate of drug-likeness (QED) is 0.573. The van der Waals surface area contributed by atoms with E-state index >= 15 is 0 Å². The third kappa shape index (κ3) is 4.24. The molecule has 1 fully saturated rings. The van der Waals surface area contributed by atoms with Crippen molar-refractivity contribution in [1.29, 1.82) is 0 Å². The number of rotatable bonds is 5. The fourth-order valence-corrected chi connectivity index (χ4v) is 5.60. The summed E-state index contributed by atoms with van der Waals surface area (Å²) < 4.78 is 15.6. The topological polar surface area (TPSA) is 67.2 Å². The minimum Gasteiger partial charge on any atom is -0.343 e. The van der Waals surface area contributed by atoms with Gasteiger partial charge in [-0.15, -0.1) is 0 Å². The molecule has 5 rings (SSSR count). The van der Waals surface area contributed by atoms with E-state index < -0.39 is 12.0 Å². The summed E-state index contributed by atoms with van der Waals surface area (Å²) in [5.74, 6) is -0.413. The summed E-state index contributed by atoms with van der Waals surface area (Å²) in [7, 11) is 0. The molecule has 0 bridgehead atoms. The molecule has 6 nitrogen and oxygen atoms in total. The van der Waals surface area contributed by atoms with Gasteiger partial charge in [-0.25, -0.2) is 9.07 Å². The van der Waals surface area contributed by atoms with Crippen molar-refractivity contribution in [2.75, 3.05) is 11.4 Å². The molecule has 2 atom stereocenters. The number of benzene rings is 2. The van der Waals surface area contributed by atoms with Gasteiger partial charge < -0.3 is 5.32 Å². The van der Waals surface area contributed by atoms with Gasteiger partial charge in [0.15, 0.2) is 0 Å². The van der Waals surface area contributed by atoms with Crippen LogP contribution in [0.3, 0.4) is 0 Å². The number of aromatic nitrogens is 2. The zero-order chi connectivity index (χ0) is 24.5. The van der Waals surface area contributed by atoms with E-state index in [1.54, 1.807) is 17.0 Å². The Hall–Kier alpha value is -3.48. The number of anilines is 1. The Morgan fingerprint density at radius 3 is 2.40 bits per heavy atom. The van der Waals surface area contributed by atoms with E-state index in [1.165, 1.54) is 12.1 Å². The van der Waals surface area contributed by atoms with Gasteiger partial charge in [-0.3, -0.25) is 14.5 Å². The van der Waals surface area contributed by atoms with Crippen LogP contribution in [0.1, 0.15) is 61.8 Å². The SMILES string of the molecule is CCN1C(=O)[C@@H](NC(=O)C2CCCCC2)[C@@H](c2ccc(F)cc2)c2c(C)nn(-c3ccccc3)c21. The van der Waals surface area contributed by atoms with Crippen molar-refractivity contribution < 1.29 is 14.0 Å². The smallest absolute Gasteiger partial charge is 0.251 e. The summed E-state index contributed by atoms with van der Waals surface area (Å²) in [6.07, 6.45) is 4.91. The first kappa shape index (κ1) is 23.3. The third-order valence-corrected chi connectivity index (χ3v) is 7.33. The highest BCUT2D eigenvalue weighted by Gasteiger charge is 2.45. The lowest BCUT2D eigenvalue weighted by Crippen LogP contribution is -2.56. The highest BCUT2D eigenvalue weighted by Crippen LogP contribution is 2.43. The highest BCUT2D eigenvalue weighted by atomic mass is 19.1. The van der Waals surface area contributed by atoms with E-state index in [9.17, 15) is 14.0 Å². The Morgan fingerprint density at radius 1 is 1.06 bits per heavy atom. The summed E-state index contributed by atoms with van der Waals surface area (Å²) in [5, 5.41) is 7.95. The number of carbonyl (C=O) groups excluding carboxylic acids is 2. The zero-order valence-corrected chi connectivity index (χ0v) is 20.2. The van der Waals surface area contributed by atoms with Crippen LogP contribution >= 0.6 is 0 Å². The number of halogens is 1. The summed E-state index contributed by atoms with van der Waals surface area (Å²) in [5.41, 5.74) is 3.30. The number of nitrogens with one attached hydrogen (secondary N) is 1. The van der Waals surface area contributed by atoms with E-state index in [2.05, 4.69) is 5.32 Å². The standard InChI is InChI=1S/C28H31FN4O2/c1-3-32-27-23(18(2)31-33(27)22-12-8-5-9-13-22)24(19-14-16-21(29)17-15-19)25(28(32)35)30-26(34)20-10-6-4-7-11-20/h5,8-9,12-17,20,24-25H,3-4,6-7,10-11H2,1-2H3,(H,30,34)/t24-,25-/m0/s1. The lowest BCUT2D eigenvalue weighted by Gasteiger charge is -2.39. The van der Waals surface area contributed by atoms with Gasteiger partial charge in [0.1, 0.15) is 17.7 Å². The van der Waals surface area contributed by atoms with Gasteiger partial charge in [-0.1, -0.05) is 49.6 Å². The molecule has 35 heavy (non-hydrogen) atoms. The molecule has 0 saturated heterocycles. The Kier molecular flexibility index (Phi) is 6.41. The molecule has 7 heteroatoms. The van der Waals surface area contributed by atoms with E-state index in [1.807, 2.05) is 48.9 Å². The number of hydrogen-bond donors (Lipinski definition) is 1. The van der Waals surface area contributed by atoms with Crippen LogP contribution in [0.5, 0.6) is 0 Å². The van der Waals surface area contributed by atoms with Crippen LogP contribution < -0.4 is 10.2 Å². The molecule has 1 N–H and O–H groups in total. The van der Waals surface area contributed by atoms with Crippen molar-refractivity contribution in [2.24, 2.45) is 5.92 Å². The molecule has 1 aromatic heterocycles. The predicted octanol–water partition coefficient (Wildman–Crippen LogP) is 4.88. The molecule has 182 valence electrons. The second-order valence-electron chi connectivity index (χ2n) is 9.50. The van der Waals surface area contributed by atoms with Gasteiger partial charge in [0.2, 0.25) is 5.91 Å². The van der Waals surface area contributed by atoms with Gasteiger partial charge in [-0.2, -0.15) is 5.10 Å². The van der Waals surface area contributed by atoms with Crippen LogP contribution in [0.2, 0.25) is 0 Å². The van der Waals surface area contributed by atoms with Crippen molar-refractivity contribution in [1.82, 2.24) is 15.1 Å². The average Bonchev–Trinajstić information content (AvgIpc) is 3.23. The van der Waals surface area contributed by atoms with Crippen molar-refractivity contribution in [3.05, 3.63) is 77.2 Å². The van der Waals surface area contributed by atoms with Crippen LogP contribution in [0.15, 0.2) is 54.6 Å². The normalized spacial score (nSPS) is 20.5. The molecule has 0 unspecified atom stereocenters. The fraction of sp³-hybridized carbons (Fsp3) is 0.393. The molecule has 2 amide bonds. The maximum absolute atomic E-state index is 14.0. The van der Waals surface area contributed by atoms with Gasteiger partial charge in [0.25, 0.3) is 5.91 Å². The molecule has 1 aliphatic carbocycles. The number of aryl methyl sites for hydroxylation is 1. The summed E-state index contributed by atoms with van der Waals surface area (Å²) >= 11 is 0. The first-order chi connectivity index (χ1) is 17.0. The summed E-state index contributed by atoms with van der Waals surface area (Å²) in [6.45, 7) is 4.30. The monoisotopic (exact) mass is 474 g/mol. The van der Waals surface area contributed by atoms with Crippen LogP contribution in [0, 0.1) is 18.7 Å². The van der Waals surface area contributed by atoms with Crippen LogP contribution in [-0.2, 0) is 9.59 Å². The molecule has 0 radical (unpaired) electrons. The third-order valence-electron chi connectivity index (χ3n) is 7.33. The maximum Gasteiger partial charge on any atom is 0.251 e. The molecular formula is C28H31FN4O2. The van der Waals surface area contributed by atoms with Crippen molar-refractivity contribution in [2.45, 2.75) is 57.9 Å². The molecule has 1 aliphatic heterocycles. The minimum atomic E-state index is -0.783. The van der Waals surface area contributed by atoms with Crippen LogP contribution in [0.4, 0.5) is 10.2 Å².